The van der Waals surface area contributed by atoms with Crippen LogP contribution >= 0.6 is 11.6 Å². The number of hydrogen-bond donors (Lipinski definition) is 1. The minimum absolute atomic E-state index is 0.480. The molecule has 1 saturated heterocycles. The van der Waals surface area contributed by atoms with E-state index in [-0.39, 0.29) is 0 Å². The lowest BCUT2D eigenvalue weighted by Gasteiger charge is -2.30. The van der Waals surface area contributed by atoms with Gasteiger partial charge in [-0.2, -0.15) is 19.6 Å². The molecule has 1 fully saturated rings. The molecule has 20 heavy (non-hydrogen) atoms. The van der Waals surface area contributed by atoms with Gasteiger partial charge in [-0.25, -0.2) is 0 Å². The lowest BCUT2D eigenvalue weighted by atomic mass is 9.98. The van der Waals surface area contributed by atoms with Crippen molar-refractivity contribution in [2.45, 2.75) is 19.8 Å². The second-order valence-electron chi connectivity index (χ2n) is 5.50. The number of piperidine rings is 1. The molecule has 0 spiro atoms. The first-order chi connectivity index (χ1) is 9.65. The molecule has 1 aliphatic rings. The van der Waals surface area contributed by atoms with Crippen LogP contribution in [0.3, 0.4) is 0 Å². The predicted octanol–water partition coefficient (Wildman–Crippen LogP) is 1.84. The number of fused-ring (bicyclic) bond motifs is 1. The van der Waals surface area contributed by atoms with Crippen molar-refractivity contribution in [3.63, 3.8) is 0 Å². The van der Waals surface area contributed by atoms with Crippen LogP contribution in [0.5, 0.6) is 0 Å². The minimum Gasteiger partial charge on any atom is -0.369 e. The summed E-state index contributed by atoms with van der Waals surface area (Å²) in [4.78, 5) is 10.7. The molecule has 0 bridgehead atoms. The van der Waals surface area contributed by atoms with E-state index >= 15 is 0 Å². The van der Waals surface area contributed by atoms with Gasteiger partial charge in [-0.15, -0.1) is 0 Å². The highest BCUT2D eigenvalue weighted by atomic mass is 35.5. The highest BCUT2D eigenvalue weighted by Gasteiger charge is 2.18. The summed E-state index contributed by atoms with van der Waals surface area (Å²) in [6.45, 7) is 5.20. The van der Waals surface area contributed by atoms with Gasteiger partial charge in [-0.05, 0) is 39.3 Å². The number of hydrogen-bond acceptors (Lipinski definition) is 5. The zero-order valence-corrected chi connectivity index (χ0v) is 12.6. The lowest BCUT2D eigenvalue weighted by Crippen LogP contribution is -2.35. The van der Waals surface area contributed by atoms with Crippen molar-refractivity contribution in [1.82, 2.24) is 24.5 Å². The SMILES string of the molecule is Cc1c(Cl)nc2ncnn2c1NCC1CCCN(C)C1. The summed E-state index contributed by atoms with van der Waals surface area (Å²) in [6, 6.07) is 0. The van der Waals surface area contributed by atoms with Crippen LogP contribution in [0.2, 0.25) is 5.15 Å². The molecule has 0 aromatic carbocycles. The maximum Gasteiger partial charge on any atom is 0.255 e. The maximum absolute atomic E-state index is 6.15. The summed E-state index contributed by atoms with van der Waals surface area (Å²) in [5, 5.41) is 8.17. The molecule has 3 rings (SSSR count). The van der Waals surface area contributed by atoms with Gasteiger partial charge in [0.25, 0.3) is 5.78 Å². The average Bonchev–Trinajstić information content (AvgIpc) is 2.87. The van der Waals surface area contributed by atoms with Gasteiger partial charge in [-0.3, -0.25) is 0 Å². The molecule has 1 atom stereocenters. The molecule has 0 aliphatic carbocycles. The lowest BCUT2D eigenvalue weighted by molar-refractivity contribution is 0.217. The van der Waals surface area contributed by atoms with E-state index in [2.05, 4.69) is 32.3 Å². The van der Waals surface area contributed by atoms with Gasteiger partial charge in [0.1, 0.15) is 17.3 Å². The first-order valence-corrected chi connectivity index (χ1v) is 7.31. The molecular formula is C13H19ClN6. The highest BCUT2D eigenvalue weighted by Crippen LogP contribution is 2.23. The molecule has 7 heteroatoms. The fourth-order valence-electron chi connectivity index (χ4n) is 2.79. The number of aromatic nitrogens is 4. The van der Waals surface area contributed by atoms with Crippen LogP contribution < -0.4 is 5.32 Å². The quantitative estimate of drug-likeness (QED) is 0.876. The summed E-state index contributed by atoms with van der Waals surface area (Å²) < 4.78 is 1.72. The molecule has 1 N–H and O–H groups in total. The maximum atomic E-state index is 6.15. The van der Waals surface area contributed by atoms with Crippen LogP contribution in [-0.4, -0.2) is 51.2 Å². The Morgan fingerprint density at radius 2 is 2.35 bits per heavy atom. The van der Waals surface area contributed by atoms with Crippen LogP contribution in [0.4, 0.5) is 5.82 Å². The van der Waals surface area contributed by atoms with E-state index in [9.17, 15) is 0 Å². The first-order valence-electron chi connectivity index (χ1n) is 6.93. The summed E-state index contributed by atoms with van der Waals surface area (Å²) in [5.41, 5.74) is 0.911. The van der Waals surface area contributed by atoms with Crippen molar-refractivity contribution >= 4 is 23.2 Å². The van der Waals surface area contributed by atoms with Crippen molar-refractivity contribution in [2.75, 3.05) is 32.0 Å². The smallest absolute Gasteiger partial charge is 0.255 e. The number of halogens is 1. The van der Waals surface area contributed by atoms with Crippen LogP contribution in [0.25, 0.3) is 5.78 Å². The molecule has 2 aromatic rings. The molecule has 108 valence electrons. The number of anilines is 1. The van der Waals surface area contributed by atoms with Crippen molar-refractivity contribution in [2.24, 2.45) is 5.92 Å². The van der Waals surface area contributed by atoms with E-state index in [0.29, 0.717) is 16.8 Å². The van der Waals surface area contributed by atoms with Gasteiger partial charge in [0, 0.05) is 18.7 Å². The minimum atomic E-state index is 0.480. The Labute approximate surface area is 123 Å². The number of nitrogens with one attached hydrogen (secondary N) is 1. The number of likely N-dealkylation sites (tertiary alicyclic amines) is 1. The Bertz CT molecular complexity index is 610. The molecule has 2 aromatic heterocycles. The summed E-state index contributed by atoms with van der Waals surface area (Å²) in [5.74, 6) is 2.08. The van der Waals surface area contributed by atoms with Crippen molar-refractivity contribution in [3.05, 3.63) is 17.0 Å². The Hall–Kier alpha value is -1.40. The monoisotopic (exact) mass is 294 g/mol. The van der Waals surface area contributed by atoms with Gasteiger partial charge in [0.2, 0.25) is 0 Å². The van der Waals surface area contributed by atoms with Gasteiger partial charge in [0.15, 0.2) is 0 Å². The molecular weight excluding hydrogens is 276 g/mol. The molecule has 0 saturated carbocycles. The van der Waals surface area contributed by atoms with E-state index in [1.807, 2.05) is 6.92 Å². The Kier molecular flexibility index (Phi) is 3.76. The topological polar surface area (TPSA) is 58.4 Å². The molecule has 3 heterocycles. The van der Waals surface area contributed by atoms with Crippen LogP contribution in [0.1, 0.15) is 18.4 Å². The van der Waals surface area contributed by atoms with Gasteiger partial charge >= 0.3 is 0 Å². The third kappa shape index (κ3) is 2.58. The molecule has 6 nitrogen and oxygen atoms in total. The zero-order chi connectivity index (χ0) is 14.1. The fourth-order valence-corrected chi connectivity index (χ4v) is 2.95. The van der Waals surface area contributed by atoms with Crippen molar-refractivity contribution < 1.29 is 0 Å². The third-order valence-electron chi connectivity index (χ3n) is 3.88. The van der Waals surface area contributed by atoms with Gasteiger partial charge in [0.05, 0.1) is 0 Å². The van der Waals surface area contributed by atoms with E-state index in [0.717, 1.165) is 24.5 Å². The number of rotatable bonds is 3. The Morgan fingerprint density at radius 3 is 3.15 bits per heavy atom. The normalized spacial score (nSPS) is 20.4. The molecule has 1 unspecified atom stereocenters. The van der Waals surface area contributed by atoms with Crippen molar-refractivity contribution in [1.29, 1.82) is 0 Å². The predicted molar refractivity (Wildman–Crippen MR) is 79.2 cm³/mol. The van der Waals surface area contributed by atoms with Crippen LogP contribution in [-0.2, 0) is 0 Å². The fraction of sp³-hybridized carbons (Fsp3) is 0.615. The average molecular weight is 295 g/mol. The van der Waals surface area contributed by atoms with Crippen molar-refractivity contribution in [3.8, 4) is 0 Å². The zero-order valence-electron chi connectivity index (χ0n) is 11.8. The molecule has 0 amide bonds. The summed E-state index contributed by atoms with van der Waals surface area (Å²) in [7, 11) is 2.18. The summed E-state index contributed by atoms with van der Waals surface area (Å²) >= 11 is 6.15. The van der Waals surface area contributed by atoms with Crippen LogP contribution in [0.15, 0.2) is 6.33 Å². The second kappa shape index (κ2) is 5.54. The van der Waals surface area contributed by atoms with E-state index in [4.69, 9.17) is 11.6 Å². The van der Waals surface area contributed by atoms with E-state index in [1.54, 1.807) is 4.52 Å². The molecule has 1 aliphatic heterocycles. The Balaban J connectivity index is 1.80. The van der Waals surface area contributed by atoms with Crippen LogP contribution in [0, 0.1) is 12.8 Å². The van der Waals surface area contributed by atoms with E-state index in [1.165, 1.54) is 25.7 Å². The number of nitrogens with zero attached hydrogens (tertiary/aromatic N) is 5. The molecule has 0 radical (unpaired) electrons. The first kappa shape index (κ1) is 13.6. The third-order valence-corrected chi connectivity index (χ3v) is 4.25. The van der Waals surface area contributed by atoms with E-state index < -0.39 is 0 Å². The largest absolute Gasteiger partial charge is 0.369 e. The van der Waals surface area contributed by atoms with Gasteiger partial charge in [-0.1, -0.05) is 11.6 Å². The second-order valence-corrected chi connectivity index (χ2v) is 5.86. The summed E-state index contributed by atoms with van der Waals surface area (Å²) in [6.07, 6.45) is 4.02. The standard InChI is InChI=1S/C13H19ClN6/c1-9-11(14)18-13-16-8-17-20(13)12(9)15-6-10-4-3-5-19(2)7-10/h8,10,15H,3-7H2,1-2H3. The Morgan fingerprint density at radius 1 is 1.50 bits per heavy atom. The van der Waals surface area contributed by atoms with Gasteiger partial charge < -0.3 is 10.2 Å². The highest BCUT2D eigenvalue weighted by molar-refractivity contribution is 6.30.